The van der Waals surface area contributed by atoms with Crippen LogP contribution in [0.5, 0.6) is 0 Å². The second kappa shape index (κ2) is 6.62. The molecule has 0 nitrogen and oxygen atoms in total. The molecule has 4 saturated carbocycles. The van der Waals surface area contributed by atoms with Crippen LogP contribution in [-0.4, -0.2) is 0 Å². The van der Waals surface area contributed by atoms with Crippen molar-refractivity contribution in [2.75, 3.05) is 0 Å². The van der Waals surface area contributed by atoms with Crippen molar-refractivity contribution in [3.8, 4) is 0 Å². The van der Waals surface area contributed by atoms with E-state index in [0.717, 1.165) is 35.0 Å². The first-order chi connectivity index (χ1) is 11.6. The number of rotatable bonds is 4. The van der Waals surface area contributed by atoms with Gasteiger partial charge in [0.05, 0.1) is 0 Å². The Morgan fingerprint density at radius 2 is 1.58 bits per heavy atom. The molecule has 7 unspecified atom stereocenters. The van der Waals surface area contributed by atoms with E-state index in [0.29, 0.717) is 5.41 Å². The van der Waals surface area contributed by atoms with Gasteiger partial charge in [-0.25, -0.2) is 0 Å². The summed E-state index contributed by atoms with van der Waals surface area (Å²) in [7, 11) is 0. The normalized spacial score (nSPS) is 50.9. The molecule has 0 N–H and O–H groups in total. The highest BCUT2D eigenvalue weighted by Gasteiger charge is 2.59. The number of hydrogen-bond donors (Lipinski definition) is 0. The fourth-order valence-corrected chi connectivity index (χ4v) is 8.52. The quantitative estimate of drug-likeness (QED) is 0.465. The second-order valence-electron chi connectivity index (χ2n) is 10.7. The monoisotopic (exact) mass is 330 g/mol. The standard InChI is InChI=1S/C24H42/c1-4-5-6-9-19-12-14-21-20-13-11-18-10-7-8-16-23(18,2)22(20)15-17-24(19,21)3/h18-22H,4-17H2,1-3H3. The van der Waals surface area contributed by atoms with Crippen LogP contribution in [0.15, 0.2) is 0 Å². The van der Waals surface area contributed by atoms with Gasteiger partial charge < -0.3 is 0 Å². The van der Waals surface area contributed by atoms with Gasteiger partial charge in [0.1, 0.15) is 0 Å². The molecule has 0 aliphatic heterocycles. The molecular weight excluding hydrogens is 288 g/mol. The van der Waals surface area contributed by atoms with Gasteiger partial charge in [0.15, 0.2) is 0 Å². The van der Waals surface area contributed by atoms with E-state index in [1.807, 2.05) is 0 Å². The molecule has 0 heteroatoms. The van der Waals surface area contributed by atoms with Gasteiger partial charge in [-0.1, -0.05) is 52.9 Å². The topological polar surface area (TPSA) is 0 Å². The molecule has 4 rings (SSSR count). The SMILES string of the molecule is CCCCCC1CCC2C3CCC4CCCCC4(C)C3CCC12C. The van der Waals surface area contributed by atoms with E-state index in [4.69, 9.17) is 0 Å². The molecule has 0 aromatic carbocycles. The number of unbranched alkanes of at least 4 members (excludes halogenated alkanes) is 2. The van der Waals surface area contributed by atoms with E-state index in [9.17, 15) is 0 Å². The molecule has 0 saturated heterocycles. The van der Waals surface area contributed by atoms with Gasteiger partial charge >= 0.3 is 0 Å². The Kier molecular flexibility index (Phi) is 4.81. The molecule has 7 atom stereocenters. The highest BCUT2D eigenvalue weighted by molar-refractivity contribution is 5.08. The van der Waals surface area contributed by atoms with Crippen LogP contribution in [-0.2, 0) is 0 Å². The minimum absolute atomic E-state index is 0.715. The highest BCUT2D eigenvalue weighted by Crippen LogP contribution is 2.67. The van der Waals surface area contributed by atoms with E-state index in [2.05, 4.69) is 20.8 Å². The molecule has 0 bridgehead atoms. The molecule has 0 aromatic heterocycles. The predicted molar refractivity (Wildman–Crippen MR) is 104 cm³/mol. The molecule has 0 spiro atoms. The van der Waals surface area contributed by atoms with E-state index in [1.54, 1.807) is 51.4 Å². The summed E-state index contributed by atoms with van der Waals surface area (Å²) in [5.74, 6) is 5.41. The van der Waals surface area contributed by atoms with Crippen molar-refractivity contribution < 1.29 is 0 Å². The zero-order chi connectivity index (χ0) is 16.8. The zero-order valence-corrected chi connectivity index (χ0v) is 16.8. The first-order valence-electron chi connectivity index (χ1n) is 11.6. The van der Waals surface area contributed by atoms with Gasteiger partial charge in [0.2, 0.25) is 0 Å². The molecule has 0 aromatic rings. The summed E-state index contributed by atoms with van der Waals surface area (Å²) in [5, 5.41) is 0. The Labute approximate surface area is 151 Å². The maximum Gasteiger partial charge on any atom is -0.0266 e. The maximum absolute atomic E-state index is 2.73. The highest BCUT2D eigenvalue weighted by atomic mass is 14.6. The van der Waals surface area contributed by atoms with Crippen molar-refractivity contribution >= 4 is 0 Å². The third-order valence-corrected chi connectivity index (χ3v) is 9.94. The largest absolute Gasteiger partial charge is 0.0654 e. The van der Waals surface area contributed by atoms with Crippen LogP contribution in [0.2, 0.25) is 0 Å². The molecule has 0 radical (unpaired) electrons. The molecule has 4 aliphatic rings. The van der Waals surface area contributed by atoms with Gasteiger partial charge in [0.25, 0.3) is 0 Å². The lowest BCUT2D eigenvalue weighted by atomic mass is 9.45. The molecule has 0 heterocycles. The van der Waals surface area contributed by atoms with Crippen LogP contribution >= 0.6 is 0 Å². The summed E-state index contributed by atoms with van der Waals surface area (Å²) in [6, 6.07) is 0. The van der Waals surface area contributed by atoms with Crippen molar-refractivity contribution in [3.05, 3.63) is 0 Å². The van der Waals surface area contributed by atoms with E-state index >= 15 is 0 Å². The van der Waals surface area contributed by atoms with Crippen molar-refractivity contribution in [1.29, 1.82) is 0 Å². The summed E-state index contributed by atoms with van der Waals surface area (Å²) in [6.45, 7) is 7.81. The van der Waals surface area contributed by atoms with Gasteiger partial charge in [-0.15, -0.1) is 0 Å². The van der Waals surface area contributed by atoms with Crippen LogP contribution in [0.4, 0.5) is 0 Å². The number of fused-ring (bicyclic) bond motifs is 5. The summed E-state index contributed by atoms with van der Waals surface area (Å²) in [6.07, 6.45) is 21.5. The fourth-order valence-electron chi connectivity index (χ4n) is 8.52. The summed E-state index contributed by atoms with van der Waals surface area (Å²) in [5.41, 5.74) is 1.44. The third kappa shape index (κ3) is 2.61. The Bertz CT molecular complexity index is 439. The maximum atomic E-state index is 2.73. The molecule has 4 aliphatic carbocycles. The third-order valence-electron chi connectivity index (χ3n) is 9.94. The zero-order valence-electron chi connectivity index (χ0n) is 16.8. The van der Waals surface area contributed by atoms with Crippen LogP contribution < -0.4 is 0 Å². The Hall–Kier alpha value is 0. The van der Waals surface area contributed by atoms with Gasteiger partial charge in [-0.05, 0) is 98.2 Å². The van der Waals surface area contributed by atoms with Gasteiger partial charge in [-0.2, -0.15) is 0 Å². The summed E-state index contributed by atoms with van der Waals surface area (Å²) in [4.78, 5) is 0. The Balaban J connectivity index is 1.51. The van der Waals surface area contributed by atoms with Crippen LogP contribution in [0.25, 0.3) is 0 Å². The number of hydrogen-bond acceptors (Lipinski definition) is 0. The second-order valence-corrected chi connectivity index (χ2v) is 10.7. The van der Waals surface area contributed by atoms with Crippen molar-refractivity contribution in [3.63, 3.8) is 0 Å². The summed E-state index contributed by atoms with van der Waals surface area (Å²) < 4.78 is 0. The molecule has 4 fully saturated rings. The molecule has 0 amide bonds. The lowest BCUT2D eigenvalue weighted by Gasteiger charge is -2.60. The van der Waals surface area contributed by atoms with Crippen LogP contribution in [0, 0.1) is 40.4 Å². The van der Waals surface area contributed by atoms with Gasteiger partial charge in [-0.3, -0.25) is 0 Å². The minimum atomic E-state index is 0.715. The first-order valence-corrected chi connectivity index (χ1v) is 11.6. The lowest BCUT2D eigenvalue weighted by molar-refractivity contribution is -0.111. The average Bonchev–Trinajstić information content (AvgIpc) is 2.91. The summed E-state index contributed by atoms with van der Waals surface area (Å²) >= 11 is 0. The van der Waals surface area contributed by atoms with Gasteiger partial charge in [0, 0.05) is 0 Å². The smallest absolute Gasteiger partial charge is 0.0266 e. The minimum Gasteiger partial charge on any atom is -0.0654 e. The Morgan fingerprint density at radius 3 is 2.42 bits per heavy atom. The lowest BCUT2D eigenvalue weighted by Crippen LogP contribution is -2.52. The van der Waals surface area contributed by atoms with Crippen LogP contribution in [0.1, 0.15) is 111 Å². The molecular formula is C24H42. The van der Waals surface area contributed by atoms with Crippen molar-refractivity contribution in [2.24, 2.45) is 40.4 Å². The van der Waals surface area contributed by atoms with Crippen molar-refractivity contribution in [1.82, 2.24) is 0 Å². The fraction of sp³-hybridized carbons (Fsp3) is 1.00. The molecule has 24 heavy (non-hydrogen) atoms. The van der Waals surface area contributed by atoms with E-state index in [-0.39, 0.29) is 0 Å². The predicted octanol–water partition coefficient (Wildman–Crippen LogP) is 7.62. The Morgan fingerprint density at radius 1 is 0.750 bits per heavy atom. The first kappa shape index (κ1) is 17.4. The van der Waals surface area contributed by atoms with Crippen LogP contribution in [0.3, 0.4) is 0 Å². The van der Waals surface area contributed by atoms with E-state index in [1.165, 1.54) is 38.5 Å². The average molecular weight is 331 g/mol. The molecule has 138 valence electrons. The van der Waals surface area contributed by atoms with E-state index < -0.39 is 0 Å². The van der Waals surface area contributed by atoms with Crippen molar-refractivity contribution in [2.45, 2.75) is 111 Å².